The third-order valence-corrected chi connectivity index (χ3v) is 5.87. The Morgan fingerprint density at radius 1 is 1.41 bits per heavy atom. The molecule has 1 heterocycles. The molecule has 0 bridgehead atoms. The van der Waals surface area contributed by atoms with Gasteiger partial charge in [0.15, 0.2) is 9.84 Å². The predicted molar refractivity (Wildman–Crippen MR) is 78.9 cm³/mol. The van der Waals surface area contributed by atoms with E-state index in [-0.39, 0.29) is 23.4 Å². The fourth-order valence-electron chi connectivity index (χ4n) is 2.50. The van der Waals surface area contributed by atoms with Gasteiger partial charge in [0.2, 0.25) is 0 Å². The van der Waals surface area contributed by atoms with Crippen molar-refractivity contribution < 1.29 is 27.9 Å². The van der Waals surface area contributed by atoms with E-state index in [0.717, 1.165) is 0 Å². The number of nitrogens with zero attached hydrogens (tertiary/aromatic N) is 1. The first-order valence-corrected chi connectivity index (χ1v) is 8.28. The van der Waals surface area contributed by atoms with Crippen molar-refractivity contribution in [3.8, 4) is 0 Å². The zero-order chi connectivity index (χ0) is 16.5. The number of benzene rings is 1. The summed E-state index contributed by atoms with van der Waals surface area (Å²) in [6, 6.07) is 3.90. The van der Waals surface area contributed by atoms with Crippen molar-refractivity contribution in [2.75, 3.05) is 25.1 Å². The topological polar surface area (TPSA) is 101 Å². The van der Waals surface area contributed by atoms with Crippen molar-refractivity contribution in [3.63, 3.8) is 0 Å². The summed E-state index contributed by atoms with van der Waals surface area (Å²) in [4.78, 5) is 24.3. The number of carbonyl (C=O) groups excluding carboxylic acids is 1. The molecule has 1 atom stereocenters. The Balaban J connectivity index is 2.52. The Bertz CT molecular complexity index is 712. The predicted octanol–water partition coefficient (Wildman–Crippen LogP) is 0.930. The third kappa shape index (κ3) is 2.78. The standard InChI is InChI=1S/C14H17NO6S/c1-3-15-8-10(7-13(16)21-2)22(19,20)12-5-4-9(14(17)18)6-11(12)15/h4-6,10H,3,7-8H2,1-2H3,(H,17,18). The number of ether oxygens (including phenoxy) is 1. The van der Waals surface area contributed by atoms with Crippen LogP contribution in [0.3, 0.4) is 0 Å². The van der Waals surface area contributed by atoms with Crippen molar-refractivity contribution in [3.05, 3.63) is 23.8 Å². The molecule has 7 nitrogen and oxygen atoms in total. The average molecular weight is 327 g/mol. The van der Waals surface area contributed by atoms with Gasteiger partial charge in [-0.2, -0.15) is 0 Å². The van der Waals surface area contributed by atoms with Crippen LogP contribution in [-0.2, 0) is 19.4 Å². The van der Waals surface area contributed by atoms with Gasteiger partial charge in [0, 0.05) is 13.1 Å². The van der Waals surface area contributed by atoms with E-state index in [4.69, 9.17) is 5.11 Å². The molecule has 8 heteroatoms. The Morgan fingerprint density at radius 2 is 2.09 bits per heavy atom. The molecule has 1 aliphatic heterocycles. The lowest BCUT2D eigenvalue weighted by molar-refractivity contribution is -0.140. The molecule has 1 aliphatic rings. The maximum Gasteiger partial charge on any atom is 0.335 e. The summed E-state index contributed by atoms with van der Waals surface area (Å²) in [6.07, 6.45) is -0.227. The van der Waals surface area contributed by atoms with E-state index in [0.29, 0.717) is 12.2 Å². The fourth-order valence-corrected chi connectivity index (χ4v) is 4.33. The van der Waals surface area contributed by atoms with Crippen LogP contribution in [0.15, 0.2) is 23.1 Å². The number of hydrogen-bond acceptors (Lipinski definition) is 6. The maximum absolute atomic E-state index is 12.6. The summed E-state index contributed by atoms with van der Waals surface area (Å²) >= 11 is 0. The summed E-state index contributed by atoms with van der Waals surface area (Å²) in [7, 11) is -2.50. The van der Waals surface area contributed by atoms with E-state index in [2.05, 4.69) is 4.74 Å². The van der Waals surface area contributed by atoms with E-state index in [9.17, 15) is 18.0 Å². The summed E-state index contributed by atoms with van der Waals surface area (Å²) in [5.74, 6) is -1.71. The molecule has 1 aromatic carbocycles. The first-order chi connectivity index (χ1) is 10.3. The van der Waals surface area contributed by atoms with Crippen LogP contribution in [0.1, 0.15) is 23.7 Å². The molecule has 0 aromatic heterocycles. The van der Waals surface area contributed by atoms with Crippen LogP contribution in [0.25, 0.3) is 0 Å². The number of esters is 1. The van der Waals surface area contributed by atoms with Gasteiger partial charge in [-0.05, 0) is 25.1 Å². The minimum atomic E-state index is -3.71. The molecule has 0 radical (unpaired) electrons. The van der Waals surface area contributed by atoms with E-state index in [1.807, 2.05) is 6.92 Å². The van der Waals surface area contributed by atoms with Crippen molar-refractivity contribution in [1.29, 1.82) is 0 Å². The number of rotatable bonds is 4. The second-order valence-corrected chi connectivity index (χ2v) is 7.17. The number of fused-ring (bicyclic) bond motifs is 1. The number of sulfone groups is 1. The lowest BCUT2D eigenvalue weighted by Gasteiger charge is -2.34. The molecule has 22 heavy (non-hydrogen) atoms. The Hall–Kier alpha value is -2.09. The minimum Gasteiger partial charge on any atom is -0.478 e. The number of carbonyl (C=O) groups is 2. The quantitative estimate of drug-likeness (QED) is 0.821. The van der Waals surface area contributed by atoms with E-state index >= 15 is 0 Å². The Labute approximate surface area is 128 Å². The monoisotopic (exact) mass is 327 g/mol. The number of aromatic carboxylic acids is 1. The first-order valence-electron chi connectivity index (χ1n) is 6.74. The highest BCUT2D eigenvalue weighted by molar-refractivity contribution is 7.92. The maximum atomic E-state index is 12.6. The zero-order valence-corrected chi connectivity index (χ0v) is 13.1. The van der Waals surface area contributed by atoms with Crippen LogP contribution in [0, 0.1) is 0 Å². The van der Waals surface area contributed by atoms with E-state index in [1.54, 1.807) is 4.90 Å². The van der Waals surface area contributed by atoms with Crippen LogP contribution in [-0.4, -0.2) is 50.9 Å². The van der Waals surface area contributed by atoms with Gasteiger partial charge in [-0.3, -0.25) is 4.79 Å². The molecule has 0 spiro atoms. The summed E-state index contributed by atoms with van der Waals surface area (Å²) in [6.45, 7) is 2.47. The van der Waals surface area contributed by atoms with Gasteiger partial charge in [-0.15, -0.1) is 0 Å². The number of hydrogen-bond donors (Lipinski definition) is 1. The van der Waals surface area contributed by atoms with Gasteiger partial charge < -0.3 is 14.7 Å². The van der Waals surface area contributed by atoms with Crippen LogP contribution in [0.2, 0.25) is 0 Å². The van der Waals surface area contributed by atoms with Gasteiger partial charge in [-0.25, -0.2) is 13.2 Å². The molecule has 0 saturated carbocycles. The van der Waals surface area contributed by atoms with Gasteiger partial charge in [0.25, 0.3) is 0 Å². The second kappa shape index (κ2) is 5.96. The molecule has 120 valence electrons. The van der Waals surface area contributed by atoms with Crippen molar-refractivity contribution >= 4 is 27.5 Å². The van der Waals surface area contributed by atoms with E-state index < -0.39 is 27.0 Å². The highest BCUT2D eigenvalue weighted by atomic mass is 32.2. The number of carboxylic acids is 1. The van der Waals surface area contributed by atoms with Gasteiger partial charge in [0.05, 0.1) is 34.9 Å². The molecule has 0 fully saturated rings. The Morgan fingerprint density at radius 3 is 2.64 bits per heavy atom. The summed E-state index contributed by atoms with van der Waals surface area (Å²) in [5, 5.41) is 8.15. The number of anilines is 1. The zero-order valence-electron chi connectivity index (χ0n) is 12.3. The molecule has 2 rings (SSSR count). The minimum absolute atomic E-state index is 0.0267. The van der Waals surface area contributed by atoms with Crippen molar-refractivity contribution in [2.24, 2.45) is 0 Å². The summed E-state index contributed by atoms with van der Waals surface area (Å²) in [5.41, 5.74) is 0.391. The normalized spacial score (nSPS) is 19.4. The number of carboxylic acid groups (broad SMARTS) is 1. The SMILES string of the molecule is CCN1CC(CC(=O)OC)S(=O)(=O)c2ccc(C(=O)O)cc21. The lowest BCUT2D eigenvalue weighted by Crippen LogP contribution is -2.43. The van der Waals surface area contributed by atoms with Crippen LogP contribution < -0.4 is 4.90 Å². The van der Waals surface area contributed by atoms with Gasteiger partial charge in [0.1, 0.15) is 0 Å². The van der Waals surface area contributed by atoms with Gasteiger partial charge in [-0.1, -0.05) is 0 Å². The molecule has 0 saturated heterocycles. The van der Waals surface area contributed by atoms with Crippen LogP contribution >= 0.6 is 0 Å². The lowest BCUT2D eigenvalue weighted by atomic mass is 10.1. The molecule has 1 unspecified atom stereocenters. The van der Waals surface area contributed by atoms with Crippen LogP contribution in [0.4, 0.5) is 5.69 Å². The largest absolute Gasteiger partial charge is 0.478 e. The summed E-state index contributed by atoms with van der Waals surface area (Å²) < 4.78 is 29.8. The highest BCUT2D eigenvalue weighted by Gasteiger charge is 2.38. The molecule has 0 amide bonds. The second-order valence-electron chi connectivity index (χ2n) is 4.97. The average Bonchev–Trinajstić information content (AvgIpc) is 2.49. The van der Waals surface area contributed by atoms with Crippen molar-refractivity contribution in [1.82, 2.24) is 0 Å². The smallest absolute Gasteiger partial charge is 0.335 e. The van der Waals surface area contributed by atoms with E-state index in [1.165, 1.54) is 25.3 Å². The third-order valence-electron chi connectivity index (χ3n) is 3.72. The molecular formula is C14H17NO6S. The molecule has 1 aromatic rings. The Kier molecular flexibility index (Phi) is 4.41. The first kappa shape index (κ1) is 16.3. The fraction of sp³-hybridized carbons (Fsp3) is 0.429. The molecule has 0 aliphatic carbocycles. The molecular weight excluding hydrogens is 310 g/mol. The van der Waals surface area contributed by atoms with Crippen molar-refractivity contribution in [2.45, 2.75) is 23.5 Å². The van der Waals surface area contributed by atoms with Gasteiger partial charge >= 0.3 is 11.9 Å². The van der Waals surface area contributed by atoms with Crippen LogP contribution in [0.5, 0.6) is 0 Å². The number of methoxy groups -OCH3 is 1. The molecule has 1 N–H and O–H groups in total. The highest BCUT2D eigenvalue weighted by Crippen LogP contribution is 2.35.